The van der Waals surface area contributed by atoms with E-state index in [2.05, 4.69) is 0 Å². The largest absolute Gasteiger partial charge is 0.215 e. The molecule has 0 saturated carbocycles. The second kappa shape index (κ2) is 6.93. The Morgan fingerprint density at radius 1 is 1.50 bits per heavy atom. The van der Waals surface area contributed by atoms with Crippen LogP contribution < -0.4 is 0 Å². The summed E-state index contributed by atoms with van der Waals surface area (Å²) in [5.74, 6) is 1.15. The minimum atomic E-state index is -3.15. The summed E-state index contributed by atoms with van der Waals surface area (Å²) in [6.45, 7) is 1.92. The lowest BCUT2D eigenvalue weighted by Crippen LogP contribution is -2.37. The molecule has 14 heavy (non-hydrogen) atoms. The third-order valence-electron chi connectivity index (χ3n) is 2.13. The Kier molecular flexibility index (Phi) is 7.20. The fourth-order valence-corrected chi connectivity index (χ4v) is 3.28. The van der Waals surface area contributed by atoms with Gasteiger partial charge in [-0.1, -0.05) is 0 Å². The van der Waals surface area contributed by atoms with Gasteiger partial charge in [0.15, 0.2) is 0 Å². The highest BCUT2D eigenvalue weighted by Gasteiger charge is 2.21. The van der Waals surface area contributed by atoms with Crippen molar-refractivity contribution in [3.63, 3.8) is 0 Å². The lowest BCUT2D eigenvalue weighted by molar-refractivity contribution is 0.383. The zero-order chi connectivity index (χ0) is 11.2. The Morgan fingerprint density at radius 2 is 2.07 bits per heavy atom. The van der Waals surface area contributed by atoms with E-state index in [1.807, 2.05) is 13.2 Å². The second-order valence-corrected chi connectivity index (χ2v) is 6.66. The van der Waals surface area contributed by atoms with E-state index in [9.17, 15) is 8.42 Å². The molecule has 0 radical (unpaired) electrons. The van der Waals surface area contributed by atoms with Gasteiger partial charge in [-0.2, -0.15) is 11.8 Å². The lowest BCUT2D eigenvalue weighted by atomic mass is 10.3. The van der Waals surface area contributed by atoms with Gasteiger partial charge in [0.2, 0.25) is 10.0 Å². The summed E-state index contributed by atoms with van der Waals surface area (Å²) < 4.78 is 24.6. The van der Waals surface area contributed by atoms with Crippen molar-refractivity contribution in [1.82, 2.24) is 4.31 Å². The highest BCUT2D eigenvalue weighted by atomic mass is 35.5. The molecule has 1 unspecified atom stereocenters. The third-order valence-corrected chi connectivity index (χ3v) is 5.15. The van der Waals surface area contributed by atoms with E-state index in [1.165, 1.54) is 4.31 Å². The molecule has 0 aliphatic carbocycles. The number of sulfonamides is 1. The first-order valence-corrected chi connectivity index (χ1v) is 8.00. The molecule has 1 atom stereocenters. The molecule has 0 heterocycles. The third kappa shape index (κ3) is 4.87. The van der Waals surface area contributed by atoms with Crippen LogP contribution in [0.15, 0.2) is 0 Å². The maximum atomic E-state index is 11.6. The number of alkyl halides is 1. The molecule has 0 aliphatic heterocycles. The average Bonchev–Trinajstić information content (AvgIpc) is 2.12. The summed E-state index contributed by atoms with van der Waals surface area (Å²) in [6, 6.07) is 0.0515. The van der Waals surface area contributed by atoms with E-state index in [0.717, 1.165) is 12.2 Å². The quantitative estimate of drug-likeness (QED) is 0.652. The minimum Gasteiger partial charge on any atom is -0.212 e. The van der Waals surface area contributed by atoms with E-state index in [-0.39, 0.29) is 17.7 Å². The van der Waals surface area contributed by atoms with Crippen LogP contribution in [-0.4, -0.2) is 49.5 Å². The Labute approximate surface area is 96.2 Å². The summed E-state index contributed by atoms with van der Waals surface area (Å²) in [5.41, 5.74) is 0. The van der Waals surface area contributed by atoms with Crippen LogP contribution in [0.3, 0.4) is 0 Å². The normalized spacial score (nSPS) is 14.6. The number of rotatable bonds is 7. The maximum absolute atomic E-state index is 11.6. The molecular weight excluding hydrogens is 242 g/mol. The van der Waals surface area contributed by atoms with Gasteiger partial charge in [0.1, 0.15) is 0 Å². The molecule has 0 spiro atoms. The van der Waals surface area contributed by atoms with Crippen molar-refractivity contribution >= 4 is 33.4 Å². The Morgan fingerprint density at radius 3 is 2.50 bits per heavy atom. The first-order valence-electron chi connectivity index (χ1n) is 4.46. The lowest BCUT2D eigenvalue weighted by Gasteiger charge is -2.23. The van der Waals surface area contributed by atoms with E-state index >= 15 is 0 Å². The molecule has 3 nitrogen and oxygen atoms in total. The zero-order valence-corrected chi connectivity index (χ0v) is 11.3. The summed E-state index contributed by atoms with van der Waals surface area (Å²) in [7, 11) is -1.53. The van der Waals surface area contributed by atoms with Gasteiger partial charge in [0, 0.05) is 19.0 Å². The Bertz CT molecular complexity index is 244. The van der Waals surface area contributed by atoms with Crippen LogP contribution in [0.1, 0.15) is 13.3 Å². The van der Waals surface area contributed by atoms with Gasteiger partial charge in [-0.3, -0.25) is 0 Å². The number of thioether (sulfide) groups is 1. The molecule has 0 amide bonds. The van der Waals surface area contributed by atoms with E-state index < -0.39 is 10.0 Å². The van der Waals surface area contributed by atoms with Gasteiger partial charge in [-0.25, -0.2) is 12.7 Å². The summed E-state index contributed by atoms with van der Waals surface area (Å²) in [4.78, 5) is 0. The Balaban J connectivity index is 4.22. The van der Waals surface area contributed by atoms with Crippen LogP contribution in [0.5, 0.6) is 0 Å². The van der Waals surface area contributed by atoms with Gasteiger partial charge in [-0.15, -0.1) is 11.6 Å². The van der Waals surface area contributed by atoms with Crippen LogP contribution in [0, 0.1) is 0 Å². The number of hydrogen-bond donors (Lipinski definition) is 0. The predicted octanol–water partition coefficient (Wildman–Crippen LogP) is 1.63. The average molecular weight is 260 g/mol. The molecule has 0 aliphatic rings. The highest BCUT2D eigenvalue weighted by molar-refractivity contribution is 7.98. The first-order chi connectivity index (χ1) is 6.45. The van der Waals surface area contributed by atoms with Crippen molar-refractivity contribution in [2.24, 2.45) is 0 Å². The van der Waals surface area contributed by atoms with E-state index in [1.54, 1.807) is 18.8 Å². The van der Waals surface area contributed by atoms with Crippen molar-refractivity contribution in [1.29, 1.82) is 0 Å². The number of nitrogens with zero attached hydrogens (tertiary/aromatic N) is 1. The van der Waals surface area contributed by atoms with E-state index in [4.69, 9.17) is 11.6 Å². The monoisotopic (exact) mass is 259 g/mol. The maximum Gasteiger partial charge on any atom is 0.215 e. The number of halogens is 1. The van der Waals surface area contributed by atoms with Crippen molar-refractivity contribution in [3.05, 3.63) is 0 Å². The SMILES string of the molecule is CSCCC(C)N(C)S(=O)(=O)CCCl. The predicted molar refractivity (Wildman–Crippen MR) is 64.7 cm³/mol. The van der Waals surface area contributed by atoms with Crippen LogP contribution >= 0.6 is 23.4 Å². The van der Waals surface area contributed by atoms with Crippen molar-refractivity contribution < 1.29 is 8.42 Å². The van der Waals surface area contributed by atoms with Gasteiger partial charge in [-0.05, 0) is 25.4 Å². The zero-order valence-electron chi connectivity index (χ0n) is 8.86. The summed E-state index contributed by atoms with van der Waals surface area (Å²) in [6.07, 6.45) is 2.89. The summed E-state index contributed by atoms with van der Waals surface area (Å²) in [5, 5.41) is 0. The second-order valence-electron chi connectivity index (χ2n) is 3.15. The van der Waals surface area contributed by atoms with Crippen LogP contribution in [0.25, 0.3) is 0 Å². The molecule has 0 fully saturated rings. The molecule has 0 aromatic rings. The molecule has 0 bridgehead atoms. The molecule has 6 heteroatoms. The molecule has 0 aromatic heterocycles. The van der Waals surface area contributed by atoms with Crippen molar-refractivity contribution in [3.8, 4) is 0 Å². The molecular formula is C8H18ClNO2S2. The van der Waals surface area contributed by atoms with Crippen LogP contribution in [-0.2, 0) is 10.0 Å². The fourth-order valence-electron chi connectivity index (χ4n) is 0.986. The summed E-state index contributed by atoms with van der Waals surface area (Å²) >= 11 is 7.15. The van der Waals surface area contributed by atoms with Crippen LogP contribution in [0.2, 0.25) is 0 Å². The van der Waals surface area contributed by atoms with Gasteiger partial charge >= 0.3 is 0 Å². The van der Waals surface area contributed by atoms with Crippen molar-refractivity contribution in [2.45, 2.75) is 19.4 Å². The standard InChI is InChI=1S/C8H18ClNO2S2/c1-8(4-6-13-3)10(2)14(11,12)7-5-9/h8H,4-7H2,1-3H3. The highest BCUT2D eigenvalue weighted by Crippen LogP contribution is 2.10. The van der Waals surface area contributed by atoms with Crippen molar-refractivity contribution in [2.75, 3.05) is 30.7 Å². The van der Waals surface area contributed by atoms with Gasteiger partial charge in [0.25, 0.3) is 0 Å². The molecule has 0 saturated heterocycles. The fraction of sp³-hybridized carbons (Fsp3) is 1.00. The van der Waals surface area contributed by atoms with E-state index in [0.29, 0.717) is 0 Å². The molecule has 0 rings (SSSR count). The molecule has 0 aromatic carbocycles. The van der Waals surface area contributed by atoms with Crippen LogP contribution in [0.4, 0.5) is 0 Å². The minimum absolute atomic E-state index is 0.0225. The molecule has 86 valence electrons. The molecule has 0 N–H and O–H groups in total. The van der Waals surface area contributed by atoms with Gasteiger partial charge < -0.3 is 0 Å². The topological polar surface area (TPSA) is 37.4 Å². The number of hydrogen-bond acceptors (Lipinski definition) is 3. The first kappa shape index (κ1) is 14.6. The smallest absolute Gasteiger partial charge is 0.212 e. The Hall–Kier alpha value is 0.550. The van der Waals surface area contributed by atoms with Gasteiger partial charge in [0.05, 0.1) is 5.75 Å².